The van der Waals surface area contributed by atoms with Crippen LogP contribution < -0.4 is 0 Å². The molecule has 0 aromatic heterocycles. The van der Waals surface area contributed by atoms with Crippen molar-refractivity contribution in [3.8, 4) is 0 Å². The Kier molecular flexibility index (Phi) is 3.96. The Morgan fingerprint density at radius 3 is 2.10 bits per heavy atom. The Labute approximate surface area is 116 Å². The molecule has 4 atom stereocenters. The average molecular weight is 283 g/mol. The molecule has 3 rings (SSSR count). The summed E-state index contributed by atoms with van der Waals surface area (Å²) in [6, 6.07) is -0.552. The fourth-order valence-corrected chi connectivity index (χ4v) is 2.99. The summed E-state index contributed by atoms with van der Waals surface area (Å²) in [5.74, 6) is -2.69. The highest BCUT2D eigenvalue weighted by atomic mass is 16.5. The monoisotopic (exact) mass is 283 g/mol. The lowest BCUT2D eigenvalue weighted by atomic mass is 9.69. The quantitative estimate of drug-likeness (QED) is 0.409. The van der Waals surface area contributed by atoms with E-state index in [1.165, 1.54) is 26.2 Å². The third-order valence-corrected chi connectivity index (χ3v) is 3.89. The third-order valence-electron chi connectivity index (χ3n) is 3.89. The van der Waals surface area contributed by atoms with Gasteiger partial charge in [0.25, 0.3) is 0 Å². The number of carbonyl (C=O) groups is 3. The number of piperidine rings is 1. The minimum atomic E-state index is -0.768. The topological polar surface area (TPSA) is 82.1 Å². The highest BCUT2D eigenvalue weighted by Gasteiger charge is 2.54. The van der Waals surface area contributed by atoms with E-state index < -0.39 is 35.9 Å². The normalized spacial score (nSPS) is 30.9. The van der Waals surface area contributed by atoms with Gasteiger partial charge in [-0.15, -0.1) is 0 Å². The molecule has 2 aliphatic heterocycles. The number of nitrogens with zero attached hydrogens (tertiary/aromatic N) is 1. The standard InChI is InChI=1S/C13H17NO6/c1-18-11(15)9-7-4-5-8(10(9)12(16)19-2)14(6-7)13(17)20-3/h4-5,7-10H,6H2,1-3H3/t7-,8-,9-,10+/m1/s1. The van der Waals surface area contributed by atoms with Gasteiger partial charge in [0.05, 0.1) is 39.2 Å². The zero-order chi connectivity index (χ0) is 14.9. The van der Waals surface area contributed by atoms with Crippen molar-refractivity contribution in [3.05, 3.63) is 12.2 Å². The first kappa shape index (κ1) is 14.4. The molecule has 1 saturated heterocycles. The number of carbonyl (C=O) groups excluding carboxylic acids is 3. The van der Waals surface area contributed by atoms with Gasteiger partial charge in [-0.1, -0.05) is 12.2 Å². The molecule has 3 aliphatic rings. The van der Waals surface area contributed by atoms with Gasteiger partial charge in [-0.25, -0.2) is 4.79 Å². The van der Waals surface area contributed by atoms with Crippen LogP contribution in [0.1, 0.15) is 0 Å². The molecule has 2 bridgehead atoms. The minimum absolute atomic E-state index is 0.282. The van der Waals surface area contributed by atoms with Crippen molar-refractivity contribution in [3.63, 3.8) is 0 Å². The molecule has 0 spiro atoms. The molecule has 1 aliphatic carbocycles. The van der Waals surface area contributed by atoms with Gasteiger partial charge in [0.1, 0.15) is 0 Å². The number of methoxy groups -OCH3 is 3. The summed E-state index contributed by atoms with van der Waals surface area (Å²) in [6.07, 6.45) is 3.05. The van der Waals surface area contributed by atoms with E-state index in [-0.39, 0.29) is 5.92 Å². The number of hydrogen-bond acceptors (Lipinski definition) is 6. The summed E-state index contributed by atoms with van der Waals surface area (Å²) in [4.78, 5) is 37.1. The highest BCUT2D eigenvalue weighted by Crippen LogP contribution is 2.40. The second kappa shape index (κ2) is 5.52. The smallest absolute Gasteiger partial charge is 0.410 e. The predicted octanol–water partition coefficient (Wildman–Crippen LogP) is 0.201. The van der Waals surface area contributed by atoms with E-state index in [2.05, 4.69) is 0 Å². The summed E-state index contributed by atoms with van der Waals surface area (Å²) in [5.41, 5.74) is 0. The first-order chi connectivity index (χ1) is 9.54. The summed E-state index contributed by atoms with van der Waals surface area (Å²) < 4.78 is 14.3. The molecule has 20 heavy (non-hydrogen) atoms. The summed E-state index contributed by atoms with van der Waals surface area (Å²) in [7, 11) is 3.81. The Balaban J connectivity index is 2.36. The predicted molar refractivity (Wildman–Crippen MR) is 66.5 cm³/mol. The molecule has 0 aromatic carbocycles. The average Bonchev–Trinajstić information content (AvgIpc) is 2.51. The maximum atomic E-state index is 12.0. The number of ether oxygens (including phenoxy) is 3. The van der Waals surface area contributed by atoms with Crippen molar-refractivity contribution < 1.29 is 28.6 Å². The first-order valence-electron chi connectivity index (χ1n) is 6.23. The van der Waals surface area contributed by atoms with Crippen LogP contribution in [0, 0.1) is 17.8 Å². The number of amides is 1. The van der Waals surface area contributed by atoms with Crippen LogP contribution in [-0.4, -0.2) is 56.8 Å². The van der Waals surface area contributed by atoms with Crippen molar-refractivity contribution in [2.75, 3.05) is 27.9 Å². The van der Waals surface area contributed by atoms with Gasteiger partial charge in [-0.05, 0) is 0 Å². The fourth-order valence-electron chi connectivity index (χ4n) is 2.99. The molecule has 7 heteroatoms. The van der Waals surface area contributed by atoms with Gasteiger partial charge >= 0.3 is 18.0 Å². The maximum Gasteiger partial charge on any atom is 0.410 e. The lowest BCUT2D eigenvalue weighted by molar-refractivity contribution is -0.165. The number of rotatable bonds is 2. The van der Waals surface area contributed by atoms with Crippen LogP contribution in [0.4, 0.5) is 4.79 Å². The number of hydrogen-bond donors (Lipinski definition) is 0. The van der Waals surface area contributed by atoms with Crippen molar-refractivity contribution in [2.24, 2.45) is 17.8 Å². The van der Waals surface area contributed by atoms with Gasteiger partial charge in [-0.2, -0.15) is 0 Å². The molecular weight excluding hydrogens is 266 g/mol. The maximum absolute atomic E-state index is 12.0. The van der Waals surface area contributed by atoms with Crippen molar-refractivity contribution >= 4 is 18.0 Å². The Bertz CT molecular complexity index is 460. The molecule has 1 fully saturated rings. The van der Waals surface area contributed by atoms with Crippen molar-refractivity contribution in [2.45, 2.75) is 6.04 Å². The van der Waals surface area contributed by atoms with E-state index in [0.717, 1.165) is 0 Å². The Morgan fingerprint density at radius 2 is 1.55 bits per heavy atom. The van der Waals surface area contributed by atoms with Crippen LogP contribution in [-0.2, 0) is 23.8 Å². The van der Waals surface area contributed by atoms with Crippen molar-refractivity contribution in [1.82, 2.24) is 4.90 Å². The van der Waals surface area contributed by atoms with Gasteiger partial charge in [0.2, 0.25) is 0 Å². The van der Waals surface area contributed by atoms with Crippen LogP contribution in [0.15, 0.2) is 12.2 Å². The van der Waals surface area contributed by atoms with Gasteiger partial charge < -0.3 is 19.1 Å². The molecule has 0 saturated carbocycles. The number of esters is 2. The minimum Gasteiger partial charge on any atom is -0.469 e. The van der Waals surface area contributed by atoms with Crippen LogP contribution >= 0.6 is 0 Å². The second-order valence-electron chi connectivity index (χ2n) is 4.76. The molecule has 1 amide bonds. The molecule has 7 nitrogen and oxygen atoms in total. The highest BCUT2D eigenvalue weighted by molar-refractivity contribution is 5.85. The lowest BCUT2D eigenvalue weighted by Gasteiger charge is -2.47. The van der Waals surface area contributed by atoms with Gasteiger partial charge in [0, 0.05) is 12.5 Å². The van der Waals surface area contributed by atoms with Gasteiger partial charge in [0.15, 0.2) is 0 Å². The molecule has 0 aromatic rings. The van der Waals surface area contributed by atoms with E-state index in [4.69, 9.17) is 14.2 Å². The van der Waals surface area contributed by atoms with Crippen LogP contribution in [0.5, 0.6) is 0 Å². The summed E-state index contributed by atoms with van der Waals surface area (Å²) in [6.45, 7) is 0.321. The second-order valence-corrected chi connectivity index (χ2v) is 4.76. The van der Waals surface area contributed by atoms with Crippen LogP contribution in [0.25, 0.3) is 0 Å². The largest absolute Gasteiger partial charge is 0.469 e. The first-order valence-corrected chi connectivity index (χ1v) is 6.23. The molecule has 0 unspecified atom stereocenters. The molecule has 2 heterocycles. The zero-order valence-electron chi connectivity index (χ0n) is 11.6. The van der Waals surface area contributed by atoms with Crippen LogP contribution in [0.3, 0.4) is 0 Å². The van der Waals surface area contributed by atoms with Crippen LogP contribution in [0.2, 0.25) is 0 Å². The fraction of sp³-hybridized carbons (Fsp3) is 0.615. The van der Waals surface area contributed by atoms with E-state index in [9.17, 15) is 14.4 Å². The molecule has 110 valence electrons. The lowest BCUT2D eigenvalue weighted by Crippen LogP contribution is -2.61. The van der Waals surface area contributed by atoms with Gasteiger partial charge in [-0.3, -0.25) is 9.59 Å². The van der Waals surface area contributed by atoms with E-state index in [1.807, 2.05) is 6.08 Å². The summed E-state index contributed by atoms with van der Waals surface area (Å²) in [5, 5.41) is 0. The van der Waals surface area contributed by atoms with Crippen molar-refractivity contribution in [1.29, 1.82) is 0 Å². The SMILES string of the molecule is COC(=O)[C@@H]1[C@H](C(=O)OC)[C@@H]2C=C[C@H]1N(C(=O)OC)C2. The molecule has 0 N–H and O–H groups in total. The summed E-state index contributed by atoms with van der Waals surface area (Å²) >= 11 is 0. The Hall–Kier alpha value is -2.05. The number of fused-ring (bicyclic) bond motifs is 2. The Morgan fingerprint density at radius 1 is 0.950 bits per heavy atom. The van der Waals surface area contributed by atoms with E-state index >= 15 is 0 Å². The molecular formula is C13H17NO6. The van der Waals surface area contributed by atoms with E-state index in [1.54, 1.807) is 6.08 Å². The zero-order valence-corrected chi connectivity index (χ0v) is 11.6. The third kappa shape index (κ3) is 2.13. The molecule has 0 radical (unpaired) electrons. The van der Waals surface area contributed by atoms with E-state index in [0.29, 0.717) is 6.54 Å².